The number of halogens is 1. The van der Waals surface area contributed by atoms with Crippen LogP contribution in [0.15, 0.2) is 42.5 Å². The molecule has 0 saturated heterocycles. The van der Waals surface area contributed by atoms with Crippen molar-refractivity contribution >= 4 is 5.97 Å². The third-order valence-electron chi connectivity index (χ3n) is 4.05. The molecule has 0 fully saturated rings. The summed E-state index contributed by atoms with van der Waals surface area (Å²) in [7, 11) is 0. The minimum atomic E-state index is -0.971. The first kappa shape index (κ1) is 18.0. The number of hydrogen-bond donors (Lipinski definition) is 1. The monoisotopic (exact) mass is 330 g/mol. The van der Waals surface area contributed by atoms with Gasteiger partial charge in [0, 0.05) is 0 Å². The van der Waals surface area contributed by atoms with E-state index in [2.05, 4.69) is 6.92 Å². The second-order valence-corrected chi connectivity index (χ2v) is 5.91. The molecule has 2 aromatic rings. The van der Waals surface area contributed by atoms with Gasteiger partial charge in [-0.1, -0.05) is 43.7 Å². The minimum Gasteiger partial charge on any atom is -0.493 e. The first-order valence-electron chi connectivity index (χ1n) is 8.22. The van der Waals surface area contributed by atoms with Crippen LogP contribution in [0.3, 0.4) is 0 Å². The molecule has 1 unspecified atom stereocenters. The highest BCUT2D eigenvalue weighted by Crippen LogP contribution is 2.28. The van der Waals surface area contributed by atoms with Gasteiger partial charge in [0.2, 0.25) is 0 Å². The van der Waals surface area contributed by atoms with Crippen molar-refractivity contribution < 1.29 is 19.0 Å². The molecule has 0 spiro atoms. The number of ether oxygens (including phenoxy) is 1. The molecule has 0 aliphatic rings. The predicted octanol–water partition coefficient (Wildman–Crippen LogP) is 4.72. The van der Waals surface area contributed by atoms with Gasteiger partial charge in [-0.2, -0.15) is 0 Å². The molecule has 1 atom stereocenters. The summed E-state index contributed by atoms with van der Waals surface area (Å²) in [5, 5.41) is 9.59. The van der Waals surface area contributed by atoms with Gasteiger partial charge in [0.1, 0.15) is 11.6 Å². The fourth-order valence-corrected chi connectivity index (χ4v) is 2.53. The molecule has 0 saturated carbocycles. The molecule has 4 heteroatoms. The Balaban J connectivity index is 2.25. The van der Waals surface area contributed by atoms with Gasteiger partial charge < -0.3 is 9.84 Å². The molecule has 1 N–H and O–H groups in total. The summed E-state index contributed by atoms with van der Waals surface area (Å²) in [6.07, 6.45) is 2.24. The lowest BCUT2D eigenvalue weighted by atomic mass is 9.91. The molecule has 128 valence electrons. The van der Waals surface area contributed by atoms with Crippen LogP contribution >= 0.6 is 0 Å². The van der Waals surface area contributed by atoms with Crippen molar-refractivity contribution in [2.24, 2.45) is 0 Å². The summed E-state index contributed by atoms with van der Waals surface area (Å²) < 4.78 is 19.6. The number of unbranched alkanes of at least 4 members (excludes halogenated alkanes) is 1. The molecule has 2 aromatic carbocycles. The number of para-hydroxylation sites is 1. The number of benzene rings is 2. The minimum absolute atomic E-state index is 0.264. The quantitative estimate of drug-likeness (QED) is 0.712. The number of aliphatic carboxylic acids is 1. The van der Waals surface area contributed by atoms with Crippen LogP contribution < -0.4 is 4.74 Å². The van der Waals surface area contributed by atoms with Crippen LogP contribution in [-0.2, 0) is 11.2 Å². The third-order valence-corrected chi connectivity index (χ3v) is 4.05. The Morgan fingerprint density at radius 3 is 2.67 bits per heavy atom. The summed E-state index contributed by atoms with van der Waals surface area (Å²) in [4.78, 5) is 11.7. The Kier molecular flexibility index (Phi) is 6.36. The Morgan fingerprint density at radius 1 is 1.25 bits per heavy atom. The fourth-order valence-electron chi connectivity index (χ4n) is 2.53. The van der Waals surface area contributed by atoms with Crippen LogP contribution in [-0.4, -0.2) is 17.7 Å². The highest BCUT2D eigenvalue weighted by molar-refractivity contribution is 5.76. The zero-order chi connectivity index (χ0) is 17.5. The van der Waals surface area contributed by atoms with Crippen LogP contribution in [0.25, 0.3) is 0 Å². The van der Waals surface area contributed by atoms with Crippen LogP contribution in [0.2, 0.25) is 0 Å². The number of aryl methyl sites for hydroxylation is 1. The maximum Gasteiger partial charge on any atom is 0.311 e. The number of carboxylic acids is 1. The van der Waals surface area contributed by atoms with Crippen molar-refractivity contribution in [2.75, 3.05) is 6.61 Å². The van der Waals surface area contributed by atoms with Crippen LogP contribution in [0.1, 0.15) is 42.4 Å². The second kappa shape index (κ2) is 8.48. The lowest BCUT2D eigenvalue weighted by Crippen LogP contribution is -2.15. The van der Waals surface area contributed by atoms with E-state index >= 15 is 0 Å². The number of rotatable bonds is 8. The number of carboxylic acid groups (broad SMARTS) is 1. The second-order valence-electron chi connectivity index (χ2n) is 5.91. The van der Waals surface area contributed by atoms with Crippen LogP contribution in [0.4, 0.5) is 4.39 Å². The highest BCUT2D eigenvalue weighted by atomic mass is 19.1. The first-order valence-corrected chi connectivity index (χ1v) is 8.22. The van der Waals surface area contributed by atoms with Crippen molar-refractivity contribution in [2.45, 2.75) is 39.0 Å². The standard InChI is InChI=1S/C20H23FO3/c1-3-4-11-24-19-8-6-5-7-16(19)12-17(20(22)23)15-10-9-14(2)18(21)13-15/h5-10,13,17H,3-4,11-12H2,1-2H3,(H,22,23). The molecule has 0 radical (unpaired) electrons. The van der Waals surface area contributed by atoms with E-state index in [1.807, 2.05) is 24.3 Å². The van der Waals surface area contributed by atoms with Gasteiger partial charge in [0.25, 0.3) is 0 Å². The maximum atomic E-state index is 13.8. The zero-order valence-electron chi connectivity index (χ0n) is 14.1. The van der Waals surface area contributed by atoms with Gasteiger partial charge in [-0.25, -0.2) is 4.39 Å². The van der Waals surface area contributed by atoms with E-state index < -0.39 is 11.9 Å². The van der Waals surface area contributed by atoms with Gasteiger partial charge in [0.05, 0.1) is 12.5 Å². The van der Waals surface area contributed by atoms with E-state index in [-0.39, 0.29) is 12.2 Å². The van der Waals surface area contributed by atoms with Gasteiger partial charge in [-0.3, -0.25) is 4.79 Å². The van der Waals surface area contributed by atoms with Gasteiger partial charge in [0.15, 0.2) is 0 Å². The number of hydrogen-bond acceptors (Lipinski definition) is 2. The van der Waals surface area contributed by atoms with E-state index in [1.54, 1.807) is 19.1 Å². The summed E-state index contributed by atoms with van der Waals surface area (Å²) >= 11 is 0. The van der Waals surface area contributed by atoms with Gasteiger partial charge in [-0.15, -0.1) is 0 Å². The van der Waals surface area contributed by atoms with Crippen LogP contribution in [0.5, 0.6) is 5.75 Å². The van der Waals surface area contributed by atoms with Crippen LogP contribution in [0, 0.1) is 12.7 Å². The van der Waals surface area contributed by atoms with Crippen molar-refractivity contribution in [1.29, 1.82) is 0 Å². The largest absolute Gasteiger partial charge is 0.493 e. The Hall–Kier alpha value is -2.36. The van der Waals surface area contributed by atoms with Crippen molar-refractivity contribution in [1.82, 2.24) is 0 Å². The summed E-state index contributed by atoms with van der Waals surface area (Å²) in [6.45, 7) is 4.35. The van der Waals surface area contributed by atoms with E-state index in [1.165, 1.54) is 6.07 Å². The SMILES string of the molecule is CCCCOc1ccccc1CC(C(=O)O)c1ccc(C)c(F)c1. The molecule has 0 bridgehead atoms. The van der Waals surface area contributed by atoms with E-state index in [4.69, 9.17) is 4.74 Å². The smallest absolute Gasteiger partial charge is 0.311 e. The summed E-state index contributed by atoms with van der Waals surface area (Å²) in [5.74, 6) is -1.46. The van der Waals surface area contributed by atoms with E-state index in [0.717, 1.165) is 18.4 Å². The van der Waals surface area contributed by atoms with Gasteiger partial charge >= 0.3 is 5.97 Å². The third kappa shape index (κ3) is 4.57. The van der Waals surface area contributed by atoms with Crippen molar-refractivity contribution in [3.05, 3.63) is 65.0 Å². The molecule has 0 aromatic heterocycles. The maximum absolute atomic E-state index is 13.8. The molecule has 0 aliphatic heterocycles. The zero-order valence-corrected chi connectivity index (χ0v) is 14.1. The molecule has 0 aliphatic carbocycles. The topological polar surface area (TPSA) is 46.5 Å². The van der Waals surface area contributed by atoms with Crippen molar-refractivity contribution in [3.63, 3.8) is 0 Å². The molecule has 3 nitrogen and oxygen atoms in total. The Bertz CT molecular complexity index is 697. The summed E-state index contributed by atoms with van der Waals surface area (Å²) in [5.41, 5.74) is 1.79. The average Bonchev–Trinajstić information content (AvgIpc) is 2.56. The lowest BCUT2D eigenvalue weighted by molar-refractivity contribution is -0.138. The van der Waals surface area contributed by atoms with E-state index in [9.17, 15) is 14.3 Å². The predicted molar refractivity (Wildman–Crippen MR) is 92.1 cm³/mol. The lowest BCUT2D eigenvalue weighted by Gasteiger charge is -2.16. The fraction of sp³-hybridized carbons (Fsp3) is 0.350. The van der Waals surface area contributed by atoms with Crippen molar-refractivity contribution in [3.8, 4) is 5.75 Å². The number of carbonyl (C=O) groups is 1. The molecule has 0 amide bonds. The summed E-state index contributed by atoms with van der Waals surface area (Å²) in [6, 6.07) is 12.0. The Labute approximate surface area is 142 Å². The first-order chi connectivity index (χ1) is 11.5. The molecule has 24 heavy (non-hydrogen) atoms. The molecule has 0 heterocycles. The van der Waals surface area contributed by atoms with Gasteiger partial charge in [-0.05, 0) is 48.6 Å². The molecular formula is C20H23FO3. The van der Waals surface area contributed by atoms with E-state index in [0.29, 0.717) is 23.5 Å². The normalized spacial score (nSPS) is 12.0. The Morgan fingerprint density at radius 2 is 2.00 bits per heavy atom. The highest BCUT2D eigenvalue weighted by Gasteiger charge is 2.22. The molecular weight excluding hydrogens is 307 g/mol. The average molecular weight is 330 g/mol. The molecule has 2 rings (SSSR count).